The zero-order valence-corrected chi connectivity index (χ0v) is 16.9. The number of carbonyl (C=O) groups excluding carboxylic acids is 2. The first-order chi connectivity index (χ1) is 12.6. The Morgan fingerprint density at radius 3 is 2.69 bits per heavy atom. The maximum atomic E-state index is 12.4. The molecule has 1 N–H and O–H groups in total. The second kappa shape index (κ2) is 8.62. The van der Waals surface area contributed by atoms with Crippen LogP contribution < -0.4 is 5.32 Å². The van der Waals surface area contributed by atoms with Gasteiger partial charge in [0.1, 0.15) is 0 Å². The van der Waals surface area contributed by atoms with E-state index in [0.29, 0.717) is 27.5 Å². The number of hydrogen-bond donors (Lipinski definition) is 1. The van der Waals surface area contributed by atoms with Gasteiger partial charge >= 0.3 is 165 Å². The van der Waals surface area contributed by atoms with Gasteiger partial charge in [0.25, 0.3) is 0 Å². The zero-order chi connectivity index (χ0) is 18.5. The molecule has 3 rings (SSSR count). The van der Waals surface area contributed by atoms with Crippen molar-refractivity contribution in [2.75, 3.05) is 6.61 Å². The summed E-state index contributed by atoms with van der Waals surface area (Å²) in [6, 6.07) is 8.92. The quantitative estimate of drug-likeness (QED) is 0.347. The van der Waals surface area contributed by atoms with Gasteiger partial charge in [-0.3, -0.25) is 0 Å². The van der Waals surface area contributed by atoms with Gasteiger partial charge < -0.3 is 0 Å². The SMILES string of the molecule is CCOC(=O)c1c(/N=C(\[Se])NC(=O)c2ccccc2)sc2c1CCCC2. The summed E-state index contributed by atoms with van der Waals surface area (Å²) in [6.45, 7) is 2.11. The summed E-state index contributed by atoms with van der Waals surface area (Å²) in [5.74, 6) is -0.588. The second-order valence-electron chi connectivity index (χ2n) is 5.85. The zero-order valence-electron chi connectivity index (χ0n) is 14.4. The number of aryl methyl sites for hydroxylation is 1. The Bertz CT molecular complexity index is 846. The van der Waals surface area contributed by atoms with E-state index in [-0.39, 0.29) is 11.9 Å². The average molecular weight is 434 g/mol. The first-order valence-electron chi connectivity index (χ1n) is 8.54. The number of amidine groups is 1. The van der Waals surface area contributed by atoms with Crippen LogP contribution in [0.1, 0.15) is 50.9 Å². The number of fused-ring (bicyclic) bond motifs is 1. The fourth-order valence-electron chi connectivity index (χ4n) is 2.92. The Balaban J connectivity index is 1.88. The molecular weight excluding hydrogens is 415 g/mol. The van der Waals surface area contributed by atoms with E-state index in [0.717, 1.165) is 31.2 Å². The second-order valence-corrected chi connectivity index (χ2v) is 7.74. The number of rotatable bonds is 4. The molecule has 1 radical (unpaired) electrons. The number of thiophene rings is 1. The molecule has 1 amide bonds. The molecule has 2 aromatic rings. The topological polar surface area (TPSA) is 67.8 Å². The number of nitrogens with one attached hydrogen (secondary N) is 1. The molecule has 5 nitrogen and oxygen atoms in total. The molecule has 0 bridgehead atoms. The molecule has 7 heteroatoms. The minimum atomic E-state index is -0.340. The molecule has 0 saturated carbocycles. The number of nitrogens with zero attached hydrogens (tertiary/aromatic N) is 1. The number of benzene rings is 1. The van der Waals surface area contributed by atoms with Gasteiger partial charge in [-0.05, 0) is 0 Å². The third-order valence-corrected chi connectivity index (χ3v) is 5.68. The van der Waals surface area contributed by atoms with E-state index in [1.54, 1.807) is 31.2 Å². The van der Waals surface area contributed by atoms with Gasteiger partial charge in [-0.25, -0.2) is 0 Å². The van der Waals surface area contributed by atoms with Crippen LogP contribution in [0.4, 0.5) is 5.00 Å². The number of carbonyl (C=O) groups is 2. The van der Waals surface area contributed by atoms with Crippen molar-refractivity contribution < 1.29 is 14.3 Å². The predicted molar refractivity (Wildman–Crippen MR) is 104 cm³/mol. The molecule has 26 heavy (non-hydrogen) atoms. The Labute approximate surface area is 164 Å². The van der Waals surface area contributed by atoms with Crippen LogP contribution in [0.3, 0.4) is 0 Å². The van der Waals surface area contributed by atoms with E-state index in [1.165, 1.54) is 16.2 Å². The fourth-order valence-corrected chi connectivity index (χ4v) is 4.69. The third kappa shape index (κ3) is 4.23. The van der Waals surface area contributed by atoms with Crippen molar-refractivity contribution in [2.24, 2.45) is 4.99 Å². The Morgan fingerprint density at radius 2 is 1.96 bits per heavy atom. The molecule has 0 unspecified atom stereocenters. The van der Waals surface area contributed by atoms with Gasteiger partial charge in [-0.15, -0.1) is 0 Å². The molecule has 1 aromatic carbocycles. The van der Waals surface area contributed by atoms with Crippen LogP contribution >= 0.6 is 11.3 Å². The molecule has 0 atom stereocenters. The Kier molecular flexibility index (Phi) is 6.24. The molecule has 0 fully saturated rings. The van der Waals surface area contributed by atoms with Crippen LogP contribution in [0.15, 0.2) is 35.3 Å². The van der Waals surface area contributed by atoms with Crippen molar-refractivity contribution in [2.45, 2.75) is 32.6 Å². The van der Waals surface area contributed by atoms with Gasteiger partial charge in [-0.2, -0.15) is 0 Å². The average Bonchev–Trinajstić information content (AvgIpc) is 3.00. The van der Waals surface area contributed by atoms with Crippen molar-refractivity contribution in [3.05, 3.63) is 51.9 Å². The van der Waals surface area contributed by atoms with Crippen LogP contribution in [0, 0.1) is 0 Å². The van der Waals surface area contributed by atoms with Crippen molar-refractivity contribution in [1.82, 2.24) is 5.32 Å². The minimum absolute atomic E-state index is 0.248. The van der Waals surface area contributed by atoms with E-state index in [9.17, 15) is 9.59 Å². The molecule has 1 heterocycles. The van der Waals surface area contributed by atoms with Gasteiger partial charge in [0.05, 0.1) is 0 Å². The monoisotopic (exact) mass is 435 g/mol. The summed E-state index contributed by atoms with van der Waals surface area (Å²) in [4.78, 5) is 30.4. The number of esters is 1. The van der Waals surface area contributed by atoms with E-state index in [4.69, 9.17) is 4.74 Å². The van der Waals surface area contributed by atoms with Gasteiger partial charge in [0.2, 0.25) is 0 Å². The van der Waals surface area contributed by atoms with Crippen LogP contribution in [0.25, 0.3) is 0 Å². The summed E-state index contributed by atoms with van der Waals surface area (Å²) in [5, 5.41) is 3.33. The van der Waals surface area contributed by atoms with Crippen LogP contribution in [-0.2, 0) is 17.6 Å². The molecule has 0 aliphatic heterocycles. The first kappa shape index (κ1) is 18.8. The molecule has 0 spiro atoms. The molecule has 0 saturated heterocycles. The van der Waals surface area contributed by atoms with E-state index in [1.807, 2.05) is 6.07 Å². The number of amides is 1. The van der Waals surface area contributed by atoms with Gasteiger partial charge in [-0.1, -0.05) is 0 Å². The van der Waals surface area contributed by atoms with Crippen LogP contribution in [-0.4, -0.2) is 39.2 Å². The first-order valence-corrected chi connectivity index (χ1v) is 10.2. The number of aliphatic imine (C=N–C) groups is 1. The normalized spacial score (nSPS) is 13.8. The van der Waals surface area contributed by atoms with E-state index >= 15 is 0 Å². The van der Waals surface area contributed by atoms with Crippen LogP contribution in [0.5, 0.6) is 0 Å². The number of ether oxygens (including phenoxy) is 1. The molecule has 1 aromatic heterocycles. The fraction of sp³-hybridized carbons (Fsp3) is 0.316. The van der Waals surface area contributed by atoms with Crippen LogP contribution in [0.2, 0.25) is 0 Å². The van der Waals surface area contributed by atoms with E-state index in [2.05, 4.69) is 26.3 Å². The van der Waals surface area contributed by atoms with Gasteiger partial charge in [0, 0.05) is 0 Å². The molecular formula is C19H19N2O3SSe. The van der Waals surface area contributed by atoms with Crippen molar-refractivity contribution in [3.8, 4) is 0 Å². The third-order valence-electron chi connectivity index (χ3n) is 4.09. The maximum absolute atomic E-state index is 12.4. The molecule has 1 aliphatic rings. The van der Waals surface area contributed by atoms with Crippen molar-refractivity contribution in [3.63, 3.8) is 0 Å². The van der Waals surface area contributed by atoms with Crippen molar-refractivity contribution in [1.29, 1.82) is 0 Å². The van der Waals surface area contributed by atoms with Crippen molar-refractivity contribution >= 4 is 49.0 Å². The summed E-state index contributed by atoms with van der Waals surface area (Å²) in [5.41, 5.74) is 2.15. The van der Waals surface area contributed by atoms with E-state index < -0.39 is 0 Å². The summed E-state index contributed by atoms with van der Waals surface area (Å²) >= 11 is 4.29. The number of hydrogen-bond acceptors (Lipinski definition) is 5. The standard InChI is InChI=1S/C19H19N2O3SSe/c1-2-24-18(23)15-13-10-6-7-11-14(13)25-17(15)21-19(26)20-16(22)12-8-4-3-5-9-12/h3-5,8-9H,2,6-7,10-11H2,1H3,(H,20,21,22). The summed E-state index contributed by atoms with van der Waals surface area (Å²) < 4.78 is 5.56. The molecule has 135 valence electrons. The molecule has 1 aliphatic carbocycles. The summed E-state index contributed by atoms with van der Waals surface area (Å²) in [7, 11) is 0. The summed E-state index contributed by atoms with van der Waals surface area (Å²) in [6.07, 6.45) is 4.01. The Morgan fingerprint density at radius 1 is 1.23 bits per heavy atom. The van der Waals surface area contributed by atoms with Gasteiger partial charge in [0.15, 0.2) is 0 Å². The predicted octanol–water partition coefficient (Wildman–Crippen LogP) is 3.39. The Hall–Kier alpha value is -1.95.